The van der Waals surface area contributed by atoms with E-state index in [-0.39, 0.29) is 0 Å². The molecule has 1 aliphatic heterocycles. The molecule has 2 aromatic rings. The topological polar surface area (TPSA) is 29.9 Å². The molecule has 1 fully saturated rings. The van der Waals surface area contributed by atoms with Crippen LogP contribution in [0.4, 0.5) is 0 Å². The second kappa shape index (κ2) is 4.15. The minimum Gasteiger partial charge on any atom is -0.331 e. The normalized spacial score (nSPS) is 20.2. The molecule has 0 spiro atoms. The molecule has 3 heteroatoms. The number of nitrogens with one attached hydrogen (secondary N) is 1. The molecule has 1 saturated heterocycles. The van der Waals surface area contributed by atoms with Gasteiger partial charge in [-0.25, -0.2) is 4.98 Å². The SMILES string of the molecule is Cc1cccc2c1nc(CC1CCNC1)n2C. The number of aromatic nitrogens is 2. The molecule has 0 radical (unpaired) electrons. The first-order chi connectivity index (χ1) is 8.25. The monoisotopic (exact) mass is 229 g/mol. The predicted octanol–water partition coefficient (Wildman–Crippen LogP) is 2.03. The summed E-state index contributed by atoms with van der Waals surface area (Å²) in [5.41, 5.74) is 3.69. The molecule has 0 amide bonds. The number of benzene rings is 1. The van der Waals surface area contributed by atoms with Gasteiger partial charge in [0.15, 0.2) is 0 Å². The molecule has 0 bridgehead atoms. The summed E-state index contributed by atoms with van der Waals surface area (Å²) in [5, 5.41) is 3.42. The standard InChI is InChI=1S/C14H19N3/c1-10-4-3-5-12-14(10)16-13(17(12)2)8-11-6-7-15-9-11/h3-5,11,15H,6-9H2,1-2H3. The second-order valence-electron chi connectivity index (χ2n) is 5.09. The summed E-state index contributed by atoms with van der Waals surface area (Å²) in [4.78, 5) is 4.81. The maximum absolute atomic E-state index is 4.81. The molecule has 3 nitrogen and oxygen atoms in total. The first kappa shape index (κ1) is 10.8. The summed E-state index contributed by atoms with van der Waals surface area (Å²) in [7, 11) is 2.13. The van der Waals surface area contributed by atoms with Gasteiger partial charge in [-0.15, -0.1) is 0 Å². The minimum absolute atomic E-state index is 0.755. The third kappa shape index (κ3) is 1.84. The highest BCUT2D eigenvalue weighted by Crippen LogP contribution is 2.21. The zero-order chi connectivity index (χ0) is 11.8. The largest absolute Gasteiger partial charge is 0.331 e. The Morgan fingerprint density at radius 3 is 3.06 bits per heavy atom. The maximum Gasteiger partial charge on any atom is 0.109 e. The summed E-state index contributed by atoms with van der Waals surface area (Å²) in [6.07, 6.45) is 2.37. The number of rotatable bonds is 2. The molecule has 0 saturated carbocycles. The van der Waals surface area contributed by atoms with Gasteiger partial charge in [0.1, 0.15) is 5.82 Å². The van der Waals surface area contributed by atoms with Crippen molar-refractivity contribution in [2.75, 3.05) is 13.1 Å². The predicted molar refractivity (Wildman–Crippen MR) is 70.1 cm³/mol. The van der Waals surface area contributed by atoms with Crippen LogP contribution in [0.2, 0.25) is 0 Å². The van der Waals surface area contributed by atoms with Crippen LogP contribution in [-0.2, 0) is 13.5 Å². The third-order valence-corrected chi connectivity index (χ3v) is 3.84. The third-order valence-electron chi connectivity index (χ3n) is 3.84. The fraction of sp³-hybridized carbons (Fsp3) is 0.500. The lowest BCUT2D eigenvalue weighted by Gasteiger charge is -2.07. The number of nitrogens with zero attached hydrogens (tertiary/aromatic N) is 2. The van der Waals surface area contributed by atoms with E-state index in [9.17, 15) is 0 Å². The minimum atomic E-state index is 0.755. The van der Waals surface area contributed by atoms with Crippen LogP contribution in [0.25, 0.3) is 11.0 Å². The van der Waals surface area contributed by atoms with Crippen molar-refractivity contribution in [1.29, 1.82) is 0 Å². The highest BCUT2D eigenvalue weighted by molar-refractivity contribution is 5.79. The van der Waals surface area contributed by atoms with E-state index in [1.165, 1.54) is 23.3 Å². The van der Waals surface area contributed by atoms with E-state index in [1.54, 1.807) is 0 Å². The Balaban J connectivity index is 1.99. The van der Waals surface area contributed by atoms with Crippen molar-refractivity contribution in [2.45, 2.75) is 19.8 Å². The Morgan fingerprint density at radius 2 is 2.35 bits per heavy atom. The summed E-state index contributed by atoms with van der Waals surface area (Å²) in [6.45, 7) is 4.44. The van der Waals surface area contributed by atoms with Gasteiger partial charge in [-0.3, -0.25) is 0 Å². The van der Waals surface area contributed by atoms with Crippen LogP contribution in [-0.4, -0.2) is 22.6 Å². The number of hydrogen-bond donors (Lipinski definition) is 1. The lowest BCUT2D eigenvalue weighted by molar-refractivity contribution is 0.552. The molecule has 1 aromatic carbocycles. The smallest absolute Gasteiger partial charge is 0.109 e. The average molecular weight is 229 g/mol. The number of imidazole rings is 1. The van der Waals surface area contributed by atoms with Crippen molar-refractivity contribution >= 4 is 11.0 Å². The number of aryl methyl sites for hydroxylation is 2. The van der Waals surface area contributed by atoms with Crippen LogP contribution >= 0.6 is 0 Å². The Bertz CT molecular complexity index is 536. The first-order valence-corrected chi connectivity index (χ1v) is 6.37. The molecule has 2 heterocycles. The fourth-order valence-electron chi connectivity index (χ4n) is 2.73. The van der Waals surface area contributed by atoms with Gasteiger partial charge in [-0.1, -0.05) is 12.1 Å². The van der Waals surface area contributed by atoms with E-state index < -0.39 is 0 Å². The number of para-hydroxylation sites is 1. The van der Waals surface area contributed by atoms with Crippen LogP contribution in [0.1, 0.15) is 17.8 Å². The number of fused-ring (bicyclic) bond motifs is 1. The molecule has 0 aliphatic carbocycles. The fourth-order valence-corrected chi connectivity index (χ4v) is 2.73. The van der Waals surface area contributed by atoms with Gasteiger partial charge in [-0.2, -0.15) is 0 Å². The molecule has 1 unspecified atom stereocenters. The van der Waals surface area contributed by atoms with Gasteiger partial charge in [-0.05, 0) is 44.0 Å². The van der Waals surface area contributed by atoms with Crippen molar-refractivity contribution in [3.05, 3.63) is 29.6 Å². The van der Waals surface area contributed by atoms with Crippen LogP contribution < -0.4 is 5.32 Å². The van der Waals surface area contributed by atoms with Crippen molar-refractivity contribution in [3.63, 3.8) is 0 Å². The lowest BCUT2D eigenvalue weighted by atomic mass is 10.0. The summed E-state index contributed by atoms with van der Waals surface area (Å²) < 4.78 is 2.25. The molecule has 1 atom stereocenters. The quantitative estimate of drug-likeness (QED) is 0.854. The maximum atomic E-state index is 4.81. The van der Waals surface area contributed by atoms with Gasteiger partial charge in [0.2, 0.25) is 0 Å². The first-order valence-electron chi connectivity index (χ1n) is 6.37. The van der Waals surface area contributed by atoms with Crippen LogP contribution in [0.15, 0.2) is 18.2 Å². The van der Waals surface area contributed by atoms with Crippen LogP contribution in [0.5, 0.6) is 0 Å². The van der Waals surface area contributed by atoms with Gasteiger partial charge >= 0.3 is 0 Å². The summed E-state index contributed by atoms with van der Waals surface area (Å²) >= 11 is 0. The average Bonchev–Trinajstić information content (AvgIpc) is 2.92. The lowest BCUT2D eigenvalue weighted by Crippen LogP contribution is -2.12. The van der Waals surface area contributed by atoms with E-state index in [1.807, 2.05) is 0 Å². The van der Waals surface area contributed by atoms with Crippen molar-refractivity contribution in [2.24, 2.45) is 13.0 Å². The Morgan fingerprint density at radius 1 is 1.47 bits per heavy atom. The molecule has 1 aliphatic rings. The zero-order valence-electron chi connectivity index (χ0n) is 10.5. The summed E-state index contributed by atoms with van der Waals surface area (Å²) in [5.74, 6) is 1.98. The van der Waals surface area contributed by atoms with Crippen LogP contribution in [0, 0.1) is 12.8 Å². The second-order valence-corrected chi connectivity index (χ2v) is 5.09. The Kier molecular flexibility index (Phi) is 2.63. The molecular weight excluding hydrogens is 210 g/mol. The molecule has 1 aromatic heterocycles. The molecule has 17 heavy (non-hydrogen) atoms. The van der Waals surface area contributed by atoms with Crippen LogP contribution in [0.3, 0.4) is 0 Å². The van der Waals surface area contributed by atoms with E-state index in [2.05, 4.69) is 42.1 Å². The van der Waals surface area contributed by atoms with Gasteiger partial charge in [0.25, 0.3) is 0 Å². The van der Waals surface area contributed by atoms with Crippen molar-refractivity contribution in [3.8, 4) is 0 Å². The number of hydrogen-bond acceptors (Lipinski definition) is 2. The summed E-state index contributed by atoms with van der Waals surface area (Å²) in [6, 6.07) is 6.40. The molecule has 3 rings (SSSR count). The highest BCUT2D eigenvalue weighted by Gasteiger charge is 2.18. The van der Waals surface area contributed by atoms with E-state index in [0.717, 1.165) is 30.9 Å². The van der Waals surface area contributed by atoms with Gasteiger partial charge in [0.05, 0.1) is 11.0 Å². The van der Waals surface area contributed by atoms with Gasteiger partial charge in [0, 0.05) is 13.5 Å². The highest BCUT2D eigenvalue weighted by atomic mass is 15.1. The van der Waals surface area contributed by atoms with Crippen molar-refractivity contribution < 1.29 is 0 Å². The molecular formula is C14H19N3. The van der Waals surface area contributed by atoms with Crippen molar-refractivity contribution in [1.82, 2.24) is 14.9 Å². The van der Waals surface area contributed by atoms with E-state index >= 15 is 0 Å². The van der Waals surface area contributed by atoms with E-state index in [0.29, 0.717) is 0 Å². The zero-order valence-corrected chi connectivity index (χ0v) is 10.5. The Labute approximate surface area is 102 Å². The molecule has 90 valence electrons. The van der Waals surface area contributed by atoms with Gasteiger partial charge < -0.3 is 9.88 Å². The molecule has 1 N–H and O–H groups in total. The Hall–Kier alpha value is -1.35. The van der Waals surface area contributed by atoms with E-state index in [4.69, 9.17) is 4.98 Å².